The van der Waals surface area contributed by atoms with E-state index in [1.54, 1.807) is 17.2 Å². The summed E-state index contributed by atoms with van der Waals surface area (Å²) in [6.45, 7) is 7.89. The Morgan fingerprint density at radius 2 is 2.23 bits per heavy atom. The summed E-state index contributed by atoms with van der Waals surface area (Å²) in [5.74, 6) is 0. The van der Waals surface area contributed by atoms with Crippen molar-refractivity contribution >= 4 is 17.7 Å². The number of amides is 1. The predicted octanol–water partition coefficient (Wildman–Crippen LogP) is 3.18. The number of hydrogen-bond acceptors (Lipinski definition) is 4. The normalized spacial score (nSPS) is 18.8. The van der Waals surface area contributed by atoms with Crippen LogP contribution in [0, 0.1) is 0 Å². The SMILES string of the molecule is CN(Cc1ccc(Cl)nc1)C1CCN(C(=O)OC(C)(C)C)C1. The maximum absolute atomic E-state index is 12.1. The van der Waals surface area contributed by atoms with Gasteiger partial charge in [0.05, 0.1) is 0 Å². The molecule has 5 nitrogen and oxygen atoms in total. The highest BCUT2D eigenvalue weighted by Gasteiger charge is 2.31. The first-order valence-electron chi connectivity index (χ1n) is 7.53. The minimum Gasteiger partial charge on any atom is -0.444 e. The minimum absolute atomic E-state index is 0.225. The standard InChI is InChI=1S/C16H24ClN3O2/c1-16(2,3)22-15(21)20-8-7-13(11-20)19(4)10-12-5-6-14(17)18-9-12/h5-6,9,13H,7-8,10-11H2,1-4H3. The zero-order valence-electron chi connectivity index (χ0n) is 13.7. The van der Waals surface area contributed by atoms with Crippen LogP contribution in [0.1, 0.15) is 32.8 Å². The summed E-state index contributed by atoms with van der Waals surface area (Å²) in [5, 5.41) is 0.503. The molecule has 1 saturated heterocycles. The summed E-state index contributed by atoms with van der Waals surface area (Å²) in [5.41, 5.74) is 0.665. The van der Waals surface area contributed by atoms with Gasteiger partial charge in [0.2, 0.25) is 0 Å². The van der Waals surface area contributed by atoms with Crippen LogP contribution in [0.2, 0.25) is 5.15 Å². The van der Waals surface area contributed by atoms with Crippen molar-refractivity contribution in [1.82, 2.24) is 14.8 Å². The molecule has 1 unspecified atom stereocenters. The van der Waals surface area contributed by atoms with Gasteiger partial charge in [-0.05, 0) is 45.9 Å². The molecule has 0 saturated carbocycles. The fourth-order valence-electron chi connectivity index (χ4n) is 2.51. The van der Waals surface area contributed by atoms with E-state index in [-0.39, 0.29) is 6.09 Å². The number of likely N-dealkylation sites (N-methyl/N-ethyl adjacent to an activating group) is 1. The molecule has 1 aromatic heterocycles. The third-order valence-corrected chi connectivity index (χ3v) is 3.88. The number of likely N-dealkylation sites (tertiary alicyclic amines) is 1. The molecule has 2 heterocycles. The molecule has 0 spiro atoms. The molecule has 1 atom stereocenters. The number of pyridine rings is 1. The molecule has 0 N–H and O–H groups in total. The molecule has 1 aromatic rings. The van der Waals surface area contributed by atoms with Crippen LogP contribution in [0.5, 0.6) is 0 Å². The minimum atomic E-state index is -0.448. The number of carbonyl (C=O) groups excluding carboxylic acids is 1. The van der Waals surface area contributed by atoms with Gasteiger partial charge in [-0.1, -0.05) is 17.7 Å². The third kappa shape index (κ3) is 4.85. The second-order valence-corrected chi connectivity index (χ2v) is 7.16. The molecule has 22 heavy (non-hydrogen) atoms. The molecule has 0 bridgehead atoms. The monoisotopic (exact) mass is 325 g/mol. The van der Waals surface area contributed by atoms with Crippen LogP contribution < -0.4 is 0 Å². The van der Waals surface area contributed by atoms with Gasteiger partial charge < -0.3 is 9.64 Å². The summed E-state index contributed by atoms with van der Waals surface area (Å²) in [7, 11) is 2.07. The molecule has 1 aliphatic rings. The lowest BCUT2D eigenvalue weighted by Crippen LogP contribution is -2.38. The van der Waals surface area contributed by atoms with Crippen molar-refractivity contribution in [2.75, 3.05) is 20.1 Å². The Morgan fingerprint density at radius 3 is 2.82 bits per heavy atom. The Hall–Kier alpha value is -1.33. The van der Waals surface area contributed by atoms with Gasteiger partial charge in [-0.3, -0.25) is 4.90 Å². The second-order valence-electron chi connectivity index (χ2n) is 6.77. The van der Waals surface area contributed by atoms with Crippen LogP contribution in [-0.2, 0) is 11.3 Å². The quantitative estimate of drug-likeness (QED) is 0.801. The van der Waals surface area contributed by atoms with E-state index in [0.717, 1.165) is 25.1 Å². The van der Waals surface area contributed by atoms with Crippen LogP contribution in [0.25, 0.3) is 0 Å². The molecule has 1 fully saturated rings. The Labute approximate surface area is 137 Å². The summed E-state index contributed by atoms with van der Waals surface area (Å²) >= 11 is 5.80. The highest BCUT2D eigenvalue weighted by atomic mass is 35.5. The van der Waals surface area contributed by atoms with Crippen molar-refractivity contribution in [3.63, 3.8) is 0 Å². The van der Waals surface area contributed by atoms with Crippen molar-refractivity contribution < 1.29 is 9.53 Å². The van der Waals surface area contributed by atoms with Crippen LogP contribution in [0.15, 0.2) is 18.3 Å². The van der Waals surface area contributed by atoms with E-state index in [1.807, 2.05) is 26.8 Å². The summed E-state index contributed by atoms with van der Waals surface area (Å²) in [4.78, 5) is 20.2. The zero-order chi connectivity index (χ0) is 16.3. The van der Waals surface area contributed by atoms with Crippen molar-refractivity contribution in [3.05, 3.63) is 29.0 Å². The number of ether oxygens (including phenoxy) is 1. The fraction of sp³-hybridized carbons (Fsp3) is 0.625. The van der Waals surface area contributed by atoms with Gasteiger partial charge in [0.1, 0.15) is 10.8 Å². The summed E-state index contributed by atoms with van der Waals surface area (Å²) in [6, 6.07) is 4.11. The molecular weight excluding hydrogens is 302 g/mol. The van der Waals surface area contributed by atoms with E-state index in [2.05, 4.69) is 16.9 Å². The predicted molar refractivity (Wildman–Crippen MR) is 86.9 cm³/mol. The molecule has 6 heteroatoms. The fourth-order valence-corrected chi connectivity index (χ4v) is 2.62. The van der Waals surface area contributed by atoms with Gasteiger partial charge in [0.15, 0.2) is 0 Å². The molecule has 0 aromatic carbocycles. The van der Waals surface area contributed by atoms with E-state index in [0.29, 0.717) is 17.7 Å². The Balaban J connectivity index is 1.87. The lowest BCUT2D eigenvalue weighted by molar-refractivity contribution is 0.0282. The van der Waals surface area contributed by atoms with Crippen molar-refractivity contribution in [1.29, 1.82) is 0 Å². The number of rotatable bonds is 3. The molecule has 1 amide bonds. The summed E-state index contributed by atoms with van der Waals surface area (Å²) in [6.07, 6.45) is 2.52. The van der Waals surface area contributed by atoms with Gasteiger partial charge in [-0.2, -0.15) is 0 Å². The maximum atomic E-state index is 12.1. The van der Waals surface area contributed by atoms with Gasteiger partial charge in [0.25, 0.3) is 0 Å². The number of halogens is 1. The average molecular weight is 326 g/mol. The highest BCUT2D eigenvalue weighted by molar-refractivity contribution is 6.29. The van der Waals surface area contributed by atoms with Gasteiger partial charge in [0, 0.05) is 31.9 Å². The van der Waals surface area contributed by atoms with Gasteiger partial charge >= 0.3 is 6.09 Å². The number of nitrogens with zero attached hydrogens (tertiary/aromatic N) is 3. The van der Waals surface area contributed by atoms with Crippen LogP contribution in [-0.4, -0.2) is 52.7 Å². The molecule has 2 rings (SSSR count). The third-order valence-electron chi connectivity index (χ3n) is 3.66. The molecule has 122 valence electrons. The average Bonchev–Trinajstić information content (AvgIpc) is 2.89. The van der Waals surface area contributed by atoms with E-state index in [4.69, 9.17) is 16.3 Å². The number of aromatic nitrogens is 1. The van der Waals surface area contributed by atoms with Crippen LogP contribution >= 0.6 is 11.6 Å². The largest absolute Gasteiger partial charge is 0.444 e. The molecule has 0 radical (unpaired) electrons. The second kappa shape index (κ2) is 6.84. The van der Waals surface area contributed by atoms with Gasteiger partial charge in [-0.15, -0.1) is 0 Å². The number of carbonyl (C=O) groups is 1. The van der Waals surface area contributed by atoms with E-state index < -0.39 is 5.60 Å². The highest BCUT2D eigenvalue weighted by Crippen LogP contribution is 2.19. The molecular formula is C16H24ClN3O2. The van der Waals surface area contributed by atoms with Crippen molar-refractivity contribution in [2.45, 2.75) is 45.4 Å². The van der Waals surface area contributed by atoms with E-state index in [9.17, 15) is 4.79 Å². The van der Waals surface area contributed by atoms with Crippen LogP contribution in [0.4, 0.5) is 4.79 Å². The Bertz CT molecular complexity index is 513. The smallest absolute Gasteiger partial charge is 0.410 e. The van der Waals surface area contributed by atoms with Crippen molar-refractivity contribution in [3.8, 4) is 0 Å². The van der Waals surface area contributed by atoms with Crippen molar-refractivity contribution in [2.24, 2.45) is 0 Å². The number of hydrogen-bond donors (Lipinski definition) is 0. The Morgan fingerprint density at radius 1 is 1.50 bits per heavy atom. The van der Waals surface area contributed by atoms with Crippen LogP contribution in [0.3, 0.4) is 0 Å². The molecule has 0 aliphatic carbocycles. The topological polar surface area (TPSA) is 45.7 Å². The van der Waals surface area contributed by atoms with Gasteiger partial charge in [-0.25, -0.2) is 9.78 Å². The first-order valence-corrected chi connectivity index (χ1v) is 7.91. The maximum Gasteiger partial charge on any atom is 0.410 e. The first kappa shape index (κ1) is 17.0. The lowest BCUT2D eigenvalue weighted by atomic mass is 10.2. The summed E-state index contributed by atoms with van der Waals surface area (Å²) < 4.78 is 5.42. The first-order chi connectivity index (χ1) is 10.2. The lowest BCUT2D eigenvalue weighted by Gasteiger charge is -2.26. The molecule has 1 aliphatic heterocycles. The van der Waals surface area contributed by atoms with E-state index >= 15 is 0 Å². The Kier molecular flexibility index (Phi) is 5.29. The zero-order valence-corrected chi connectivity index (χ0v) is 14.4. The van der Waals surface area contributed by atoms with E-state index in [1.165, 1.54) is 0 Å².